The summed E-state index contributed by atoms with van der Waals surface area (Å²) in [5.41, 5.74) is 2.37. The Labute approximate surface area is 167 Å². The van der Waals surface area contributed by atoms with Gasteiger partial charge in [-0.1, -0.05) is 64.1 Å². The average molecular weight is 391 g/mol. The van der Waals surface area contributed by atoms with Crippen LogP contribution < -0.4 is 0 Å². The minimum atomic E-state index is -1.74. The Morgan fingerprint density at radius 1 is 1.07 bits per heavy atom. The van der Waals surface area contributed by atoms with Crippen LogP contribution in [0.2, 0.25) is 18.1 Å². The summed E-state index contributed by atoms with van der Waals surface area (Å²) in [7, 11) is -1.74. The molecule has 0 aliphatic heterocycles. The van der Waals surface area contributed by atoms with Gasteiger partial charge in [0.05, 0.1) is 19.3 Å². The lowest BCUT2D eigenvalue weighted by Gasteiger charge is -2.33. The summed E-state index contributed by atoms with van der Waals surface area (Å²) in [6.07, 6.45) is 4.63. The number of hydrogen-bond acceptors (Lipinski definition) is 3. The van der Waals surface area contributed by atoms with Crippen LogP contribution >= 0.6 is 0 Å². The molecule has 0 bridgehead atoms. The molecule has 27 heavy (non-hydrogen) atoms. The van der Waals surface area contributed by atoms with E-state index in [-0.39, 0.29) is 6.10 Å². The molecule has 2 atom stereocenters. The SMILES string of the molecule is CC[C@H](/C=C(/C)[C@H](CC=O)O[Si](CC)(CC)CC)COCc1ccccc1. The van der Waals surface area contributed by atoms with Gasteiger partial charge in [0.25, 0.3) is 0 Å². The third-order valence-corrected chi connectivity index (χ3v) is 10.3. The molecule has 1 aromatic carbocycles. The molecule has 4 heteroatoms. The maximum Gasteiger partial charge on any atom is 0.192 e. The number of carbonyl (C=O) groups excluding carboxylic acids is 1. The van der Waals surface area contributed by atoms with Crippen LogP contribution in [0.3, 0.4) is 0 Å². The van der Waals surface area contributed by atoms with Crippen LogP contribution in [0, 0.1) is 5.92 Å². The van der Waals surface area contributed by atoms with E-state index < -0.39 is 8.32 Å². The van der Waals surface area contributed by atoms with E-state index in [2.05, 4.69) is 52.8 Å². The summed E-state index contributed by atoms with van der Waals surface area (Å²) in [5, 5.41) is 0. The van der Waals surface area contributed by atoms with Crippen LogP contribution in [0.25, 0.3) is 0 Å². The van der Waals surface area contributed by atoms with E-state index in [0.717, 1.165) is 30.8 Å². The first kappa shape index (κ1) is 23.8. The van der Waals surface area contributed by atoms with Crippen molar-refractivity contribution in [2.75, 3.05) is 6.61 Å². The Kier molecular flexibility index (Phi) is 11.5. The van der Waals surface area contributed by atoms with E-state index in [1.165, 1.54) is 11.1 Å². The topological polar surface area (TPSA) is 35.5 Å². The fourth-order valence-electron chi connectivity index (χ4n) is 3.38. The number of benzene rings is 1. The molecule has 0 aromatic heterocycles. The molecule has 0 saturated heterocycles. The molecule has 1 rings (SSSR count). The smallest absolute Gasteiger partial charge is 0.192 e. The zero-order valence-corrected chi connectivity index (χ0v) is 18.9. The molecule has 0 unspecified atom stereocenters. The van der Waals surface area contributed by atoms with Gasteiger partial charge in [-0.05, 0) is 42.6 Å². The molecule has 0 aliphatic carbocycles. The lowest BCUT2D eigenvalue weighted by atomic mass is 10.0. The van der Waals surface area contributed by atoms with Crippen molar-refractivity contribution in [1.82, 2.24) is 0 Å². The molecular formula is C23H38O3Si. The number of aldehydes is 1. The van der Waals surface area contributed by atoms with E-state index in [4.69, 9.17) is 9.16 Å². The van der Waals surface area contributed by atoms with Crippen molar-refractivity contribution in [2.45, 2.75) is 78.3 Å². The summed E-state index contributed by atoms with van der Waals surface area (Å²) in [6, 6.07) is 13.5. The third kappa shape index (κ3) is 8.12. The van der Waals surface area contributed by atoms with E-state index in [9.17, 15) is 4.79 Å². The molecule has 152 valence electrons. The molecule has 0 N–H and O–H groups in total. The van der Waals surface area contributed by atoms with Crippen molar-refractivity contribution in [1.29, 1.82) is 0 Å². The lowest BCUT2D eigenvalue weighted by Crippen LogP contribution is -2.40. The van der Waals surface area contributed by atoms with Gasteiger partial charge in [0, 0.05) is 12.3 Å². The van der Waals surface area contributed by atoms with Crippen molar-refractivity contribution in [2.24, 2.45) is 5.92 Å². The summed E-state index contributed by atoms with van der Waals surface area (Å²) in [4.78, 5) is 11.2. The second-order valence-electron chi connectivity index (χ2n) is 7.33. The number of hydrogen-bond donors (Lipinski definition) is 0. The van der Waals surface area contributed by atoms with Crippen LogP contribution in [0.5, 0.6) is 0 Å². The maximum absolute atomic E-state index is 11.2. The highest BCUT2D eigenvalue weighted by Crippen LogP contribution is 2.27. The highest BCUT2D eigenvalue weighted by Gasteiger charge is 2.32. The van der Waals surface area contributed by atoms with Crippen LogP contribution in [-0.2, 0) is 20.6 Å². The quantitative estimate of drug-likeness (QED) is 0.217. The molecule has 0 fully saturated rings. The minimum Gasteiger partial charge on any atom is -0.410 e. The summed E-state index contributed by atoms with van der Waals surface area (Å²) >= 11 is 0. The Morgan fingerprint density at radius 2 is 1.70 bits per heavy atom. The van der Waals surface area contributed by atoms with Gasteiger partial charge in [0.2, 0.25) is 0 Å². The van der Waals surface area contributed by atoms with Crippen LogP contribution in [0.4, 0.5) is 0 Å². The van der Waals surface area contributed by atoms with Crippen molar-refractivity contribution in [3.05, 3.63) is 47.5 Å². The van der Waals surface area contributed by atoms with E-state index >= 15 is 0 Å². The maximum atomic E-state index is 11.2. The van der Waals surface area contributed by atoms with Crippen molar-refractivity contribution in [3.63, 3.8) is 0 Å². The first-order valence-electron chi connectivity index (χ1n) is 10.4. The third-order valence-electron chi connectivity index (χ3n) is 5.61. The van der Waals surface area contributed by atoms with Gasteiger partial charge in [-0.2, -0.15) is 0 Å². The van der Waals surface area contributed by atoms with Gasteiger partial charge < -0.3 is 14.0 Å². The lowest BCUT2D eigenvalue weighted by molar-refractivity contribution is -0.109. The molecule has 3 nitrogen and oxygen atoms in total. The Morgan fingerprint density at radius 3 is 2.22 bits per heavy atom. The monoisotopic (exact) mass is 390 g/mol. The fourth-order valence-corrected chi connectivity index (χ4v) is 6.27. The largest absolute Gasteiger partial charge is 0.410 e. The molecule has 0 heterocycles. The number of rotatable bonds is 14. The van der Waals surface area contributed by atoms with Gasteiger partial charge in [-0.25, -0.2) is 0 Å². The molecule has 0 aliphatic rings. The van der Waals surface area contributed by atoms with Crippen molar-refractivity contribution < 1.29 is 14.0 Å². The first-order chi connectivity index (χ1) is 13.0. The van der Waals surface area contributed by atoms with Crippen molar-refractivity contribution >= 4 is 14.6 Å². The summed E-state index contributed by atoms with van der Waals surface area (Å²) < 4.78 is 12.5. The highest BCUT2D eigenvalue weighted by molar-refractivity contribution is 6.73. The molecule has 0 saturated carbocycles. The van der Waals surface area contributed by atoms with Gasteiger partial charge in [-0.15, -0.1) is 0 Å². The summed E-state index contributed by atoms with van der Waals surface area (Å²) in [5.74, 6) is 0.340. The predicted octanol–water partition coefficient (Wildman–Crippen LogP) is 6.16. The van der Waals surface area contributed by atoms with Crippen LogP contribution in [-0.4, -0.2) is 27.3 Å². The van der Waals surface area contributed by atoms with Gasteiger partial charge in [0.15, 0.2) is 8.32 Å². The Hall–Kier alpha value is -1.23. The predicted molar refractivity (Wildman–Crippen MR) is 116 cm³/mol. The second kappa shape index (κ2) is 13.0. The zero-order chi connectivity index (χ0) is 20.1. The Balaban J connectivity index is 2.73. The second-order valence-corrected chi connectivity index (χ2v) is 12.1. The van der Waals surface area contributed by atoms with Gasteiger partial charge >= 0.3 is 0 Å². The first-order valence-corrected chi connectivity index (χ1v) is 13.0. The van der Waals surface area contributed by atoms with E-state index in [1.54, 1.807) is 0 Å². The van der Waals surface area contributed by atoms with Gasteiger partial charge in [-0.3, -0.25) is 0 Å². The van der Waals surface area contributed by atoms with E-state index in [1.807, 2.05) is 18.2 Å². The van der Waals surface area contributed by atoms with E-state index in [0.29, 0.717) is 25.6 Å². The Bertz CT molecular complexity index is 544. The van der Waals surface area contributed by atoms with Crippen LogP contribution in [0.1, 0.15) is 53.0 Å². The molecular weight excluding hydrogens is 352 g/mol. The number of carbonyl (C=O) groups is 1. The summed E-state index contributed by atoms with van der Waals surface area (Å²) in [6.45, 7) is 12.3. The van der Waals surface area contributed by atoms with Crippen molar-refractivity contribution in [3.8, 4) is 0 Å². The standard InChI is InChI=1S/C23H38O3Si/c1-6-21(18-25-19-22-13-11-10-12-14-22)17-20(5)23(15-16-24)26-27(7-2,8-3)9-4/h10-14,16-17,21,23H,6-9,15,18-19H2,1-5H3/b20-17-/t21-,23+/m1/s1. The fraction of sp³-hybridized carbons (Fsp3) is 0.609. The highest BCUT2D eigenvalue weighted by atomic mass is 28.4. The molecule has 1 aromatic rings. The van der Waals surface area contributed by atoms with Gasteiger partial charge in [0.1, 0.15) is 6.29 Å². The zero-order valence-electron chi connectivity index (χ0n) is 17.9. The van der Waals surface area contributed by atoms with Crippen LogP contribution in [0.15, 0.2) is 42.0 Å². The molecule has 0 spiro atoms. The molecule has 0 radical (unpaired) electrons. The minimum absolute atomic E-state index is 0.0859. The molecule has 0 amide bonds. The number of ether oxygens (including phenoxy) is 1. The average Bonchev–Trinajstić information content (AvgIpc) is 2.71. The normalized spacial score (nSPS) is 14.8.